The van der Waals surface area contributed by atoms with E-state index in [1.165, 1.54) is 0 Å². The highest BCUT2D eigenvalue weighted by molar-refractivity contribution is 5.93. The molecule has 3 aromatic heterocycles. The van der Waals surface area contributed by atoms with Crippen molar-refractivity contribution in [3.8, 4) is 0 Å². The highest BCUT2D eigenvalue weighted by Gasteiger charge is 2.34. The fourth-order valence-corrected chi connectivity index (χ4v) is 3.59. The molecule has 8 nitrogen and oxygen atoms in total. The lowest BCUT2D eigenvalue weighted by atomic mass is 10.0. The zero-order chi connectivity index (χ0) is 19.1. The van der Waals surface area contributed by atoms with Gasteiger partial charge in [0.05, 0.1) is 0 Å². The molecule has 0 spiro atoms. The maximum Gasteiger partial charge on any atom is 0.275 e. The summed E-state index contributed by atoms with van der Waals surface area (Å²) >= 11 is 0. The molecule has 4 heterocycles. The van der Waals surface area contributed by atoms with Crippen molar-refractivity contribution in [2.75, 3.05) is 6.54 Å². The maximum atomic E-state index is 13.2. The Morgan fingerprint density at radius 1 is 1.22 bits per heavy atom. The third-order valence-electron chi connectivity index (χ3n) is 4.98. The molecule has 0 bridgehead atoms. The number of fused-ring (bicyclic) bond motifs is 1. The van der Waals surface area contributed by atoms with Crippen LogP contribution in [-0.2, 0) is 0 Å². The van der Waals surface area contributed by atoms with Crippen LogP contribution in [0.3, 0.4) is 0 Å². The minimum Gasteiger partial charge on any atom is -0.337 e. The first-order chi connectivity index (χ1) is 12.9. The minimum atomic E-state index is -0.202. The van der Waals surface area contributed by atoms with Gasteiger partial charge in [-0.2, -0.15) is 10.1 Å². The molecule has 1 atom stereocenters. The summed E-state index contributed by atoms with van der Waals surface area (Å²) in [6.07, 6.45) is 2.80. The number of rotatable bonds is 3. The molecule has 1 fully saturated rings. The van der Waals surface area contributed by atoms with Crippen molar-refractivity contribution in [1.82, 2.24) is 29.6 Å². The Labute approximate surface area is 157 Å². The van der Waals surface area contributed by atoms with Crippen LogP contribution in [0.2, 0.25) is 0 Å². The van der Waals surface area contributed by atoms with Crippen molar-refractivity contribution >= 4 is 11.6 Å². The van der Waals surface area contributed by atoms with Crippen LogP contribution in [0.15, 0.2) is 16.7 Å². The predicted molar refractivity (Wildman–Crippen MR) is 98.5 cm³/mol. The van der Waals surface area contributed by atoms with Gasteiger partial charge in [-0.25, -0.2) is 9.50 Å². The Kier molecular flexibility index (Phi) is 4.41. The maximum absolute atomic E-state index is 13.2. The average Bonchev–Trinajstić information content (AvgIpc) is 3.28. The van der Waals surface area contributed by atoms with Crippen LogP contribution in [0.4, 0.5) is 0 Å². The van der Waals surface area contributed by atoms with Gasteiger partial charge >= 0.3 is 0 Å². The lowest BCUT2D eigenvalue weighted by Crippen LogP contribution is -2.39. The number of likely N-dealkylation sites (tertiary alicyclic amines) is 1. The van der Waals surface area contributed by atoms with Crippen LogP contribution in [0, 0.1) is 13.8 Å². The number of piperidine rings is 1. The number of hydrogen-bond acceptors (Lipinski definition) is 6. The van der Waals surface area contributed by atoms with E-state index < -0.39 is 0 Å². The number of carbonyl (C=O) groups is 1. The minimum absolute atomic E-state index is 0.119. The molecule has 4 rings (SSSR count). The normalized spacial score (nSPS) is 17.8. The van der Waals surface area contributed by atoms with Gasteiger partial charge in [-0.05, 0) is 39.2 Å². The molecular formula is C19H24N6O2. The second kappa shape index (κ2) is 6.75. The van der Waals surface area contributed by atoms with Crippen LogP contribution < -0.4 is 0 Å². The van der Waals surface area contributed by atoms with Crippen LogP contribution in [0.1, 0.15) is 78.7 Å². The molecule has 0 N–H and O–H groups in total. The number of aromatic nitrogens is 5. The molecule has 1 aliphatic heterocycles. The number of carbonyl (C=O) groups excluding carboxylic acids is 1. The van der Waals surface area contributed by atoms with Gasteiger partial charge < -0.3 is 9.42 Å². The summed E-state index contributed by atoms with van der Waals surface area (Å²) in [7, 11) is 0. The monoisotopic (exact) mass is 368 g/mol. The van der Waals surface area contributed by atoms with E-state index in [9.17, 15) is 4.79 Å². The molecule has 3 aromatic rings. The Bertz CT molecular complexity index is 989. The summed E-state index contributed by atoms with van der Waals surface area (Å²) in [5.41, 5.74) is 2.93. The highest BCUT2D eigenvalue weighted by atomic mass is 16.5. The van der Waals surface area contributed by atoms with E-state index in [0.29, 0.717) is 29.6 Å². The first-order valence-electron chi connectivity index (χ1n) is 9.42. The van der Waals surface area contributed by atoms with Crippen LogP contribution in [0.5, 0.6) is 0 Å². The topological polar surface area (TPSA) is 89.4 Å². The van der Waals surface area contributed by atoms with E-state index in [1.807, 2.05) is 38.7 Å². The Hall–Kier alpha value is -2.77. The molecule has 0 unspecified atom stereocenters. The van der Waals surface area contributed by atoms with Crippen molar-refractivity contribution in [2.24, 2.45) is 0 Å². The predicted octanol–water partition coefficient (Wildman–Crippen LogP) is 3.22. The molecule has 8 heteroatoms. The second-order valence-corrected chi connectivity index (χ2v) is 7.49. The lowest BCUT2D eigenvalue weighted by Gasteiger charge is -2.32. The van der Waals surface area contributed by atoms with Crippen LogP contribution in [0.25, 0.3) is 5.65 Å². The Morgan fingerprint density at radius 2 is 2.04 bits per heavy atom. The van der Waals surface area contributed by atoms with Gasteiger partial charge in [-0.15, -0.1) is 0 Å². The van der Waals surface area contributed by atoms with E-state index in [2.05, 4.69) is 20.2 Å². The SMILES string of the molecule is Cc1cc(C)n2nc(C(=O)N3CCCC[C@@H]3c3nc(C(C)C)no3)cc2n1. The third kappa shape index (κ3) is 3.20. The molecular weight excluding hydrogens is 344 g/mol. The quantitative estimate of drug-likeness (QED) is 0.705. The zero-order valence-electron chi connectivity index (χ0n) is 16.1. The lowest BCUT2D eigenvalue weighted by molar-refractivity contribution is 0.0555. The molecule has 1 aliphatic rings. The summed E-state index contributed by atoms with van der Waals surface area (Å²) in [5.74, 6) is 1.25. The first-order valence-corrected chi connectivity index (χ1v) is 9.42. The van der Waals surface area contributed by atoms with Crippen molar-refractivity contribution in [1.29, 1.82) is 0 Å². The largest absolute Gasteiger partial charge is 0.337 e. The van der Waals surface area contributed by atoms with Gasteiger partial charge in [-0.3, -0.25) is 4.79 Å². The van der Waals surface area contributed by atoms with E-state index in [-0.39, 0.29) is 17.9 Å². The van der Waals surface area contributed by atoms with Crippen molar-refractivity contribution in [3.63, 3.8) is 0 Å². The summed E-state index contributed by atoms with van der Waals surface area (Å²) in [4.78, 5) is 24.0. The standard InChI is InChI=1S/C19H24N6O2/c1-11(2)17-21-18(27-23-17)15-7-5-6-8-24(15)19(26)14-10-16-20-12(3)9-13(4)25(16)22-14/h9-11,15H,5-8H2,1-4H3/t15-/m1/s1. The summed E-state index contributed by atoms with van der Waals surface area (Å²) in [6.45, 7) is 8.59. The fourth-order valence-electron chi connectivity index (χ4n) is 3.59. The van der Waals surface area contributed by atoms with Crippen molar-refractivity contribution in [3.05, 3.63) is 40.9 Å². The molecule has 27 heavy (non-hydrogen) atoms. The molecule has 1 amide bonds. The third-order valence-corrected chi connectivity index (χ3v) is 4.98. The average molecular weight is 368 g/mol. The van der Waals surface area contributed by atoms with E-state index in [1.54, 1.807) is 10.6 Å². The molecule has 0 aliphatic carbocycles. The van der Waals surface area contributed by atoms with E-state index in [4.69, 9.17) is 4.52 Å². The number of amides is 1. The second-order valence-electron chi connectivity index (χ2n) is 7.49. The van der Waals surface area contributed by atoms with Crippen molar-refractivity contribution in [2.45, 2.75) is 58.9 Å². The van der Waals surface area contributed by atoms with Gasteiger partial charge in [0.2, 0.25) is 5.89 Å². The van der Waals surface area contributed by atoms with Crippen molar-refractivity contribution < 1.29 is 9.32 Å². The number of aryl methyl sites for hydroxylation is 2. The zero-order valence-corrected chi connectivity index (χ0v) is 16.1. The van der Waals surface area contributed by atoms with Gasteiger partial charge in [0.25, 0.3) is 5.91 Å². The molecule has 1 saturated heterocycles. The van der Waals surface area contributed by atoms with E-state index >= 15 is 0 Å². The summed E-state index contributed by atoms with van der Waals surface area (Å²) in [6, 6.07) is 3.50. The fraction of sp³-hybridized carbons (Fsp3) is 0.526. The summed E-state index contributed by atoms with van der Waals surface area (Å²) in [5, 5.41) is 8.55. The molecule has 0 saturated carbocycles. The molecule has 0 aromatic carbocycles. The van der Waals surface area contributed by atoms with Gasteiger partial charge in [-0.1, -0.05) is 19.0 Å². The smallest absolute Gasteiger partial charge is 0.275 e. The number of nitrogens with zero attached hydrogens (tertiary/aromatic N) is 6. The van der Waals surface area contributed by atoms with Gasteiger partial charge in [0, 0.05) is 29.9 Å². The van der Waals surface area contributed by atoms with Crippen LogP contribution >= 0.6 is 0 Å². The molecule has 142 valence electrons. The first kappa shape index (κ1) is 17.6. The van der Waals surface area contributed by atoms with Crippen LogP contribution in [-0.4, -0.2) is 42.1 Å². The van der Waals surface area contributed by atoms with Gasteiger partial charge in [0.15, 0.2) is 17.2 Å². The molecule has 0 radical (unpaired) electrons. The number of hydrogen-bond donors (Lipinski definition) is 0. The Morgan fingerprint density at radius 3 is 2.78 bits per heavy atom. The van der Waals surface area contributed by atoms with Gasteiger partial charge in [0.1, 0.15) is 6.04 Å². The Balaban J connectivity index is 1.67. The summed E-state index contributed by atoms with van der Waals surface area (Å²) < 4.78 is 7.19. The highest BCUT2D eigenvalue weighted by Crippen LogP contribution is 2.31. The van der Waals surface area contributed by atoms with E-state index in [0.717, 1.165) is 30.7 Å².